The van der Waals surface area contributed by atoms with E-state index in [0.29, 0.717) is 0 Å². The summed E-state index contributed by atoms with van der Waals surface area (Å²) in [4.78, 5) is 11.2. The molecule has 4 heteroatoms. The van der Waals surface area contributed by atoms with Gasteiger partial charge in [-0.25, -0.2) is 4.79 Å². The van der Waals surface area contributed by atoms with Gasteiger partial charge in [0.25, 0.3) is 0 Å². The minimum absolute atomic E-state index is 0.191. The number of rotatable bonds is 1. The van der Waals surface area contributed by atoms with Gasteiger partial charge in [-0.15, -0.1) is 0 Å². The summed E-state index contributed by atoms with van der Waals surface area (Å²) in [6.07, 6.45) is 3.47. The van der Waals surface area contributed by atoms with Gasteiger partial charge in [-0.1, -0.05) is 6.07 Å². The molecule has 1 atom stereocenters. The molecule has 1 aliphatic carbocycles. The number of nitrogens with one attached hydrogen (secondary N) is 1. The maximum atomic E-state index is 11.2. The second-order valence-corrected chi connectivity index (χ2v) is 4.44. The summed E-state index contributed by atoms with van der Waals surface area (Å²) in [6.45, 7) is 0. The van der Waals surface area contributed by atoms with Crippen LogP contribution in [0.4, 0.5) is 10.5 Å². The average Bonchev–Trinajstić information content (AvgIpc) is 2.52. The molecule has 1 aromatic carbocycles. The van der Waals surface area contributed by atoms with E-state index in [2.05, 4.69) is 16.1 Å². The molecule has 0 saturated heterocycles. The Kier molecular flexibility index (Phi) is 3.52. The monoisotopic (exact) mass is 234 g/mol. The van der Waals surface area contributed by atoms with Crippen molar-refractivity contribution in [3.05, 3.63) is 29.3 Å². The first kappa shape index (κ1) is 11.8. The second-order valence-electron chi connectivity index (χ2n) is 4.44. The van der Waals surface area contributed by atoms with Gasteiger partial charge in [0, 0.05) is 11.7 Å². The third-order valence-electron chi connectivity index (χ3n) is 3.26. The van der Waals surface area contributed by atoms with E-state index in [4.69, 9.17) is 5.73 Å². The number of hydrogen-bond donors (Lipinski definition) is 2. The predicted molar refractivity (Wildman–Crippen MR) is 66.8 cm³/mol. The molecule has 2 rings (SSSR count). The zero-order valence-electron chi connectivity index (χ0n) is 10.0. The van der Waals surface area contributed by atoms with Crippen LogP contribution in [0.5, 0.6) is 0 Å². The van der Waals surface area contributed by atoms with Gasteiger partial charge in [0.1, 0.15) is 0 Å². The third-order valence-corrected chi connectivity index (χ3v) is 3.26. The van der Waals surface area contributed by atoms with Crippen LogP contribution in [0.15, 0.2) is 18.2 Å². The van der Waals surface area contributed by atoms with Crippen LogP contribution in [0, 0.1) is 0 Å². The van der Waals surface area contributed by atoms with E-state index in [1.165, 1.54) is 18.2 Å². The Morgan fingerprint density at radius 2 is 2.06 bits per heavy atom. The van der Waals surface area contributed by atoms with Gasteiger partial charge >= 0.3 is 6.09 Å². The minimum atomic E-state index is -0.347. The summed E-state index contributed by atoms with van der Waals surface area (Å²) >= 11 is 0. The number of aryl methyl sites for hydroxylation is 2. The largest absolute Gasteiger partial charge is 0.453 e. The molecule has 0 aromatic heterocycles. The molecule has 1 unspecified atom stereocenters. The fraction of sp³-hybridized carbons (Fsp3) is 0.462. The van der Waals surface area contributed by atoms with E-state index in [1.54, 1.807) is 0 Å². The standard InChI is InChI=1S/C13H18N2O2/c1-17-13(16)15-12-6-3-9-2-5-11(14)8-10(9)4-7-12/h2,5,8,12H,3-4,6-7,14H2,1H3,(H,15,16). The van der Waals surface area contributed by atoms with E-state index >= 15 is 0 Å². The summed E-state index contributed by atoms with van der Waals surface area (Å²) < 4.78 is 4.62. The van der Waals surface area contributed by atoms with Crippen LogP contribution in [0.1, 0.15) is 24.0 Å². The molecule has 17 heavy (non-hydrogen) atoms. The van der Waals surface area contributed by atoms with E-state index in [0.717, 1.165) is 31.4 Å². The van der Waals surface area contributed by atoms with Gasteiger partial charge in [0.05, 0.1) is 7.11 Å². The number of ether oxygens (including phenoxy) is 1. The summed E-state index contributed by atoms with van der Waals surface area (Å²) in [5.41, 5.74) is 9.23. The van der Waals surface area contributed by atoms with Crippen molar-refractivity contribution in [1.82, 2.24) is 5.32 Å². The zero-order valence-corrected chi connectivity index (χ0v) is 10.0. The molecule has 92 valence electrons. The lowest BCUT2D eigenvalue weighted by Crippen LogP contribution is -2.34. The highest BCUT2D eigenvalue weighted by Gasteiger charge is 2.18. The molecule has 0 heterocycles. The number of amides is 1. The number of fused-ring (bicyclic) bond motifs is 1. The number of hydrogen-bond acceptors (Lipinski definition) is 3. The molecule has 1 amide bonds. The second kappa shape index (κ2) is 5.08. The van der Waals surface area contributed by atoms with Crippen molar-refractivity contribution in [1.29, 1.82) is 0 Å². The number of nitrogens with two attached hydrogens (primary N) is 1. The lowest BCUT2D eigenvalue weighted by Gasteiger charge is -2.14. The minimum Gasteiger partial charge on any atom is -0.453 e. The van der Waals surface area contributed by atoms with Gasteiger partial charge in [0.15, 0.2) is 0 Å². The Balaban J connectivity index is 2.03. The molecule has 3 N–H and O–H groups in total. The van der Waals surface area contributed by atoms with Crippen LogP contribution in [-0.2, 0) is 17.6 Å². The summed E-state index contributed by atoms with van der Waals surface area (Å²) in [6, 6.07) is 6.25. The fourth-order valence-corrected chi connectivity index (χ4v) is 2.30. The van der Waals surface area contributed by atoms with Crippen molar-refractivity contribution < 1.29 is 9.53 Å². The highest BCUT2D eigenvalue weighted by Crippen LogP contribution is 2.22. The first-order valence-corrected chi connectivity index (χ1v) is 5.91. The number of anilines is 1. The van der Waals surface area contributed by atoms with Crippen molar-refractivity contribution in [3.63, 3.8) is 0 Å². The Morgan fingerprint density at radius 1 is 1.35 bits per heavy atom. The smallest absolute Gasteiger partial charge is 0.407 e. The maximum Gasteiger partial charge on any atom is 0.407 e. The lowest BCUT2D eigenvalue weighted by atomic mass is 10.0. The molecule has 0 aliphatic heterocycles. The molecule has 0 bridgehead atoms. The maximum absolute atomic E-state index is 11.2. The van der Waals surface area contributed by atoms with Crippen LogP contribution in [0.2, 0.25) is 0 Å². The van der Waals surface area contributed by atoms with Crippen molar-refractivity contribution in [3.8, 4) is 0 Å². The van der Waals surface area contributed by atoms with Gasteiger partial charge in [-0.2, -0.15) is 0 Å². The topological polar surface area (TPSA) is 64.3 Å². The SMILES string of the molecule is COC(=O)NC1CCc2ccc(N)cc2CC1. The Morgan fingerprint density at radius 3 is 2.76 bits per heavy atom. The van der Waals surface area contributed by atoms with Gasteiger partial charge < -0.3 is 15.8 Å². The molecule has 0 radical (unpaired) electrons. The predicted octanol–water partition coefficient (Wildman–Crippen LogP) is 1.87. The van der Waals surface area contributed by atoms with E-state index in [9.17, 15) is 4.79 Å². The molecular formula is C13H18N2O2. The van der Waals surface area contributed by atoms with Crippen molar-refractivity contribution >= 4 is 11.8 Å². The Hall–Kier alpha value is -1.71. The molecule has 1 aliphatic rings. The molecule has 4 nitrogen and oxygen atoms in total. The molecule has 1 aromatic rings. The molecule has 0 spiro atoms. The van der Waals surface area contributed by atoms with Crippen LogP contribution in [0.25, 0.3) is 0 Å². The quantitative estimate of drug-likeness (QED) is 0.576. The molecule has 0 saturated carbocycles. The molecular weight excluding hydrogens is 216 g/mol. The normalized spacial score (nSPS) is 19.0. The van der Waals surface area contributed by atoms with Crippen molar-refractivity contribution in [2.24, 2.45) is 0 Å². The van der Waals surface area contributed by atoms with Gasteiger partial charge in [-0.05, 0) is 48.9 Å². The number of nitrogen functional groups attached to an aromatic ring is 1. The Bertz CT molecular complexity index is 418. The van der Waals surface area contributed by atoms with Gasteiger partial charge in [0.2, 0.25) is 0 Å². The van der Waals surface area contributed by atoms with E-state index in [1.807, 2.05) is 12.1 Å². The third kappa shape index (κ3) is 2.90. The average molecular weight is 234 g/mol. The summed E-state index contributed by atoms with van der Waals surface area (Å²) in [5, 5.41) is 2.87. The number of alkyl carbamates (subject to hydrolysis) is 1. The van der Waals surface area contributed by atoms with Crippen LogP contribution >= 0.6 is 0 Å². The number of benzene rings is 1. The van der Waals surface area contributed by atoms with Crippen molar-refractivity contribution in [2.75, 3.05) is 12.8 Å². The number of carbonyl (C=O) groups excluding carboxylic acids is 1. The number of methoxy groups -OCH3 is 1. The number of carbonyl (C=O) groups is 1. The Labute approximate surface area is 101 Å². The zero-order chi connectivity index (χ0) is 12.3. The summed E-state index contributed by atoms with van der Waals surface area (Å²) in [5.74, 6) is 0. The highest BCUT2D eigenvalue weighted by molar-refractivity contribution is 5.67. The highest BCUT2D eigenvalue weighted by atomic mass is 16.5. The van der Waals surface area contributed by atoms with Crippen LogP contribution < -0.4 is 11.1 Å². The molecule has 0 fully saturated rings. The lowest BCUT2D eigenvalue weighted by molar-refractivity contribution is 0.165. The van der Waals surface area contributed by atoms with Crippen LogP contribution in [0.3, 0.4) is 0 Å². The fourth-order valence-electron chi connectivity index (χ4n) is 2.30. The first-order chi connectivity index (χ1) is 8.19. The van der Waals surface area contributed by atoms with Crippen LogP contribution in [-0.4, -0.2) is 19.2 Å². The van der Waals surface area contributed by atoms with Crippen molar-refractivity contribution in [2.45, 2.75) is 31.7 Å². The van der Waals surface area contributed by atoms with Gasteiger partial charge in [-0.3, -0.25) is 0 Å². The summed E-state index contributed by atoms with van der Waals surface area (Å²) in [7, 11) is 1.39. The van der Waals surface area contributed by atoms with E-state index in [-0.39, 0.29) is 12.1 Å². The van der Waals surface area contributed by atoms with E-state index < -0.39 is 0 Å². The first-order valence-electron chi connectivity index (χ1n) is 5.91.